The molecule has 0 aromatic heterocycles. The van der Waals surface area contributed by atoms with E-state index in [0.29, 0.717) is 11.8 Å². The van der Waals surface area contributed by atoms with Gasteiger partial charge >= 0.3 is 5.97 Å². The molecule has 1 spiro atoms. The summed E-state index contributed by atoms with van der Waals surface area (Å²) in [6.45, 7) is 6.71. The van der Waals surface area contributed by atoms with Crippen LogP contribution in [0.15, 0.2) is 0 Å². The summed E-state index contributed by atoms with van der Waals surface area (Å²) < 4.78 is 11.4. The van der Waals surface area contributed by atoms with Gasteiger partial charge in [-0.3, -0.25) is 4.79 Å². The van der Waals surface area contributed by atoms with Gasteiger partial charge < -0.3 is 14.6 Å². The fraction of sp³-hybridized carbons (Fsp3) is 0.952. The number of hydrogen-bond donors (Lipinski definition) is 1. The van der Waals surface area contributed by atoms with Crippen LogP contribution >= 0.6 is 0 Å². The molecule has 1 aliphatic heterocycles. The molecule has 5 fully saturated rings. The van der Waals surface area contributed by atoms with E-state index >= 15 is 0 Å². The van der Waals surface area contributed by atoms with E-state index in [-0.39, 0.29) is 33.9 Å². The molecule has 4 aliphatic carbocycles. The minimum absolute atomic E-state index is 0.0226. The number of rotatable bonds is 1. The molecule has 0 radical (unpaired) electrons. The number of hydrogen-bond acceptors (Lipinski definition) is 4. The van der Waals surface area contributed by atoms with Gasteiger partial charge in [0.2, 0.25) is 0 Å². The molecule has 0 amide bonds. The summed E-state index contributed by atoms with van der Waals surface area (Å²) in [5.41, 5.74) is -1.02. The fourth-order valence-electron chi connectivity index (χ4n) is 8.60. The fourth-order valence-corrected chi connectivity index (χ4v) is 8.60. The minimum atomic E-state index is -0.627. The number of fused-ring (bicyclic) bond motifs is 5. The van der Waals surface area contributed by atoms with E-state index in [9.17, 15) is 9.90 Å². The lowest BCUT2D eigenvalue weighted by atomic mass is 9.40. The summed E-state index contributed by atoms with van der Waals surface area (Å²) in [6, 6.07) is 0. The zero-order chi connectivity index (χ0) is 17.9. The Bertz CT molecular complexity index is 648. The van der Waals surface area contributed by atoms with E-state index < -0.39 is 5.60 Å². The van der Waals surface area contributed by atoms with E-state index in [2.05, 4.69) is 20.8 Å². The standard InChI is InChI=1S/C21H32O4/c1-17-8-5-9-18(2,16(22)24-4)13(17)6-10-20-12-21(23,11-7-14(17)20)19(3)15(20)25-19/h13-15,23H,5-12H2,1-4H3/t13-,14-,15-,17+,18+,19+,20+,21-/m0/s1. The third-order valence-corrected chi connectivity index (χ3v) is 9.74. The molecule has 1 heterocycles. The van der Waals surface area contributed by atoms with Gasteiger partial charge in [0.1, 0.15) is 5.60 Å². The first-order chi connectivity index (χ1) is 11.7. The first-order valence-electron chi connectivity index (χ1n) is 10.1. The van der Waals surface area contributed by atoms with Crippen LogP contribution in [0, 0.1) is 28.1 Å². The maximum Gasteiger partial charge on any atom is 0.311 e. The van der Waals surface area contributed by atoms with Gasteiger partial charge in [0.05, 0.1) is 24.2 Å². The molecule has 8 atom stereocenters. The Morgan fingerprint density at radius 1 is 1.08 bits per heavy atom. The smallest absolute Gasteiger partial charge is 0.311 e. The van der Waals surface area contributed by atoms with Crippen molar-refractivity contribution in [1.82, 2.24) is 0 Å². The first-order valence-corrected chi connectivity index (χ1v) is 10.1. The highest BCUT2D eigenvalue weighted by molar-refractivity contribution is 5.77. The molecule has 25 heavy (non-hydrogen) atoms. The number of esters is 1. The zero-order valence-corrected chi connectivity index (χ0v) is 16.1. The SMILES string of the molecule is COC(=O)[C@]1(C)CCC[C@@]2(C)[C@@H]3CC[C@]4(O)C[C@@]3(CC[C@@H]21)[C@H]1O[C@]14C. The summed E-state index contributed by atoms with van der Waals surface area (Å²) in [6.07, 6.45) is 8.44. The van der Waals surface area contributed by atoms with Crippen LogP contribution in [-0.4, -0.2) is 35.5 Å². The van der Waals surface area contributed by atoms with Gasteiger partial charge in [0.15, 0.2) is 0 Å². The second-order valence-corrected chi connectivity index (χ2v) is 10.5. The van der Waals surface area contributed by atoms with Gasteiger partial charge in [-0.1, -0.05) is 13.3 Å². The van der Waals surface area contributed by atoms with Crippen molar-refractivity contribution in [2.24, 2.45) is 28.1 Å². The third kappa shape index (κ3) is 1.62. The molecule has 0 aromatic rings. The van der Waals surface area contributed by atoms with E-state index in [1.54, 1.807) is 0 Å². The number of carbonyl (C=O) groups excluding carboxylic acids is 1. The topological polar surface area (TPSA) is 59.1 Å². The van der Waals surface area contributed by atoms with Gasteiger partial charge in [0.25, 0.3) is 0 Å². The van der Waals surface area contributed by atoms with E-state index in [1.165, 1.54) is 13.5 Å². The Balaban J connectivity index is 1.57. The second-order valence-electron chi connectivity index (χ2n) is 10.5. The summed E-state index contributed by atoms with van der Waals surface area (Å²) in [7, 11) is 1.53. The summed E-state index contributed by atoms with van der Waals surface area (Å²) >= 11 is 0. The molecular formula is C21H32O4. The molecule has 5 aliphatic rings. The molecular weight excluding hydrogens is 316 g/mol. The molecule has 1 saturated heterocycles. The van der Waals surface area contributed by atoms with Crippen LogP contribution in [0.4, 0.5) is 0 Å². The van der Waals surface area contributed by atoms with Gasteiger partial charge in [-0.25, -0.2) is 0 Å². The maximum absolute atomic E-state index is 12.7. The van der Waals surface area contributed by atoms with Crippen molar-refractivity contribution in [2.75, 3.05) is 7.11 Å². The molecule has 140 valence electrons. The van der Waals surface area contributed by atoms with E-state index in [0.717, 1.165) is 44.9 Å². The maximum atomic E-state index is 12.7. The Hall–Kier alpha value is -0.610. The van der Waals surface area contributed by atoms with Crippen LogP contribution in [0.2, 0.25) is 0 Å². The number of methoxy groups -OCH3 is 1. The predicted molar refractivity (Wildman–Crippen MR) is 92.8 cm³/mol. The Morgan fingerprint density at radius 3 is 2.52 bits per heavy atom. The monoisotopic (exact) mass is 348 g/mol. The molecule has 4 saturated carbocycles. The average molecular weight is 348 g/mol. The third-order valence-electron chi connectivity index (χ3n) is 9.74. The highest BCUT2D eigenvalue weighted by Crippen LogP contribution is 2.79. The second kappa shape index (κ2) is 4.44. The van der Waals surface area contributed by atoms with Crippen LogP contribution < -0.4 is 0 Å². The lowest BCUT2D eigenvalue weighted by molar-refractivity contribution is -0.204. The Kier molecular flexibility index (Phi) is 2.94. The predicted octanol–water partition coefficient (Wildman–Crippen LogP) is 3.45. The van der Waals surface area contributed by atoms with Crippen molar-refractivity contribution in [2.45, 2.75) is 89.4 Å². The highest BCUT2D eigenvalue weighted by atomic mass is 16.6. The molecule has 4 nitrogen and oxygen atoms in total. The highest BCUT2D eigenvalue weighted by Gasteiger charge is 2.84. The zero-order valence-electron chi connectivity index (χ0n) is 16.1. The number of ether oxygens (including phenoxy) is 2. The Labute approximate surface area is 150 Å². The quantitative estimate of drug-likeness (QED) is 0.582. The summed E-state index contributed by atoms with van der Waals surface area (Å²) in [4.78, 5) is 12.7. The molecule has 4 heteroatoms. The number of carbonyl (C=O) groups is 1. The van der Waals surface area contributed by atoms with Crippen molar-refractivity contribution in [3.05, 3.63) is 0 Å². The summed E-state index contributed by atoms with van der Waals surface area (Å²) in [5.74, 6) is 0.914. The molecule has 5 rings (SSSR count). The van der Waals surface area contributed by atoms with Gasteiger partial charge in [-0.2, -0.15) is 0 Å². The van der Waals surface area contributed by atoms with Crippen molar-refractivity contribution in [3.63, 3.8) is 0 Å². The van der Waals surface area contributed by atoms with Crippen LogP contribution in [0.25, 0.3) is 0 Å². The van der Waals surface area contributed by atoms with Crippen molar-refractivity contribution in [1.29, 1.82) is 0 Å². The van der Waals surface area contributed by atoms with Gasteiger partial charge in [0, 0.05) is 5.41 Å². The van der Waals surface area contributed by atoms with E-state index in [1.807, 2.05) is 0 Å². The number of epoxide rings is 1. The summed E-state index contributed by atoms with van der Waals surface area (Å²) in [5, 5.41) is 11.2. The lowest BCUT2D eigenvalue weighted by Crippen LogP contribution is -2.61. The van der Waals surface area contributed by atoms with Crippen LogP contribution in [0.5, 0.6) is 0 Å². The van der Waals surface area contributed by atoms with Gasteiger partial charge in [-0.15, -0.1) is 0 Å². The molecule has 1 N–H and O–H groups in total. The van der Waals surface area contributed by atoms with Crippen LogP contribution in [0.1, 0.15) is 72.1 Å². The van der Waals surface area contributed by atoms with E-state index in [4.69, 9.17) is 9.47 Å². The molecule has 0 unspecified atom stereocenters. The normalized spacial score (nSPS) is 61.7. The first kappa shape index (κ1) is 16.6. The minimum Gasteiger partial charge on any atom is -0.469 e. The van der Waals surface area contributed by atoms with Crippen LogP contribution in [0.3, 0.4) is 0 Å². The lowest BCUT2D eigenvalue weighted by Gasteiger charge is -2.64. The Morgan fingerprint density at radius 2 is 1.80 bits per heavy atom. The van der Waals surface area contributed by atoms with Crippen LogP contribution in [-0.2, 0) is 14.3 Å². The molecule has 0 aromatic carbocycles. The van der Waals surface area contributed by atoms with Crippen molar-refractivity contribution >= 4 is 5.97 Å². The average Bonchev–Trinajstić information content (AvgIpc) is 3.25. The van der Waals surface area contributed by atoms with Crippen molar-refractivity contribution < 1.29 is 19.4 Å². The molecule has 2 bridgehead atoms. The number of aliphatic hydroxyl groups is 1. The van der Waals surface area contributed by atoms with Gasteiger partial charge in [-0.05, 0) is 76.0 Å². The largest absolute Gasteiger partial charge is 0.469 e. The van der Waals surface area contributed by atoms with Crippen molar-refractivity contribution in [3.8, 4) is 0 Å².